The number of halogens is 2. The van der Waals surface area contributed by atoms with Crippen LogP contribution in [0.5, 0.6) is 5.75 Å². The van der Waals surface area contributed by atoms with Crippen LogP contribution in [-0.4, -0.2) is 48.8 Å². The van der Waals surface area contributed by atoms with Crippen molar-refractivity contribution in [3.63, 3.8) is 0 Å². The second-order valence-electron chi connectivity index (χ2n) is 8.24. The van der Waals surface area contributed by atoms with Crippen LogP contribution < -0.4 is 15.8 Å². The number of aromatic amines is 1. The van der Waals surface area contributed by atoms with Crippen LogP contribution in [0.1, 0.15) is 32.0 Å². The van der Waals surface area contributed by atoms with Crippen molar-refractivity contribution in [2.45, 2.75) is 19.7 Å². The molecule has 0 bridgehead atoms. The van der Waals surface area contributed by atoms with Crippen LogP contribution in [0, 0.1) is 0 Å². The Labute approximate surface area is 213 Å². The molecule has 192 valence electrons. The largest absolute Gasteiger partial charge is 0.435 e. The molecule has 5 aromatic rings. The number of fused-ring (bicyclic) bond motifs is 1. The SMILES string of the molecule is NC(=O)c1ccc2c(C(=O)NCc3ccc(-c4nn[nH]n4)cc3)nn(Cc3ccc(OC(F)F)cc3)c2c1. The summed E-state index contributed by atoms with van der Waals surface area (Å²) in [4.78, 5) is 24.9. The van der Waals surface area contributed by atoms with Gasteiger partial charge in [-0.25, -0.2) is 0 Å². The topological polar surface area (TPSA) is 154 Å². The average molecular weight is 518 g/mol. The fourth-order valence-corrected chi connectivity index (χ4v) is 3.89. The van der Waals surface area contributed by atoms with Crippen molar-refractivity contribution >= 4 is 22.7 Å². The van der Waals surface area contributed by atoms with Gasteiger partial charge in [0.05, 0.1) is 12.1 Å². The van der Waals surface area contributed by atoms with E-state index in [9.17, 15) is 18.4 Å². The number of alkyl halides is 2. The zero-order chi connectivity index (χ0) is 26.6. The molecule has 0 aliphatic carbocycles. The van der Waals surface area contributed by atoms with Gasteiger partial charge in [0.2, 0.25) is 11.7 Å². The molecular formula is C25H20F2N8O3. The molecule has 4 N–H and O–H groups in total. The number of carbonyl (C=O) groups excluding carboxylic acids is 2. The third-order valence-corrected chi connectivity index (χ3v) is 5.74. The van der Waals surface area contributed by atoms with E-state index >= 15 is 0 Å². The molecule has 0 radical (unpaired) electrons. The highest BCUT2D eigenvalue weighted by Gasteiger charge is 2.19. The van der Waals surface area contributed by atoms with Gasteiger partial charge in [0, 0.05) is 23.1 Å². The van der Waals surface area contributed by atoms with Gasteiger partial charge in [0.15, 0.2) is 5.69 Å². The summed E-state index contributed by atoms with van der Waals surface area (Å²) >= 11 is 0. The molecule has 0 unspecified atom stereocenters. The fourth-order valence-electron chi connectivity index (χ4n) is 3.89. The van der Waals surface area contributed by atoms with Gasteiger partial charge in [-0.2, -0.15) is 19.1 Å². The molecule has 11 nitrogen and oxygen atoms in total. The molecule has 3 aromatic carbocycles. The molecule has 0 fully saturated rings. The number of amides is 2. The van der Waals surface area contributed by atoms with Gasteiger partial charge >= 0.3 is 6.61 Å². The predicted molar refractivity (Wildman–Crippen MR) is 131 cm³/mol. The smallest absolute Gasteiger partial charge is 0.387 e. The standard InChI is InChI=1S/C25H20F2N8O3/c26-25(27)38-18-8-3-15(4-9-18)13-35-20-11-17(22(28)36)7-10-19(20)21(32-35)24(37)29-12-14-1-5-16(6-2-14)23-30-33-34-31-23/h1-11,25H,12-13H2,(H2,28,36)(H,29,37)(H,30,31,33,34). The number of nitrogens with zero attached hydrogens (tertiary/aromatic N) is 5. The Morgan fingerprint density at radius 3 is 2.42 bits per heavy atom. The molecular weight excluding hydrogens is 498 g/mol. The second-order valence-corrected chi connectivity index (χ2v) is 8.24. The van der Waals surface area contributed by atoms with Gasteiger partial charge in [-0.3, -0.25) is 14.3 Å². The highest BCUT2D eigenvalue weighted by atomic mass is 19.3. The second kappa shape index (κ2) is 10.4. The zero-order valence-electron chi connectivity index (χ0n) is 19.6. The summed E-state index contributed by atoms with van der Waals surface area (Å²) in [6.07, 6.45) is 0. The number of rotatable bonds is 9. The van der Waals surface area contributed by atoms with E-state index in [0.717, 1.165) is 11.1 Å². The number of benzene rings is 3. The van der Waals surface area contributed by atoms with Crippen LogP contribution >= 0.6 is 0 Å². The Kier molecular flexibility index (Phi) is 6.72. The summed E-state index contributed by atoms with van der Waals surface area (Å²) in [7, 11) is 0. The number of primary amides is 1. The quantitative estimate of drug-likeness (QED) is 0.271. The molecule has 2 heterocycles. The Bertz CT molecular complexity index is 1580. The lowest BCUT2D eigenvalue weighted by molar-refractivity contribution is -0.0498. The zero-order valence-corrected chi connectivity index (χ0v) is 19.6. The normalized spacial score (nSPS) is 11.1. The first-order valence-electron chi connectivity index (χ1n) is 11.3. The van der Waals surface area contributed by atoms with Crippen molar-refractivity contribution in [1.82, 2.24) is 35.7 Å². The van der Waals surface area contributed by atoms with Crippen molar-refractivity contribution < 1.29 is 23.1 Å². The number of tetrazole rings is 1. The molecule has 0 atom stereocenters. The Morgan fingerprint density at radius 1 is 1.03 bits per heavy atom. The fraction of sp³-hybridized carbons (Fsp3) is 0.120. The number of carbonyl (C=O) groups is 2. The van der Waals surface area contributed by atoms with E-state index in [2.05, 4.69) is 35.8 Å². The van der Waals surface area contributed by atoms with Gasteiger partial charge in [0.1, 0.15) is 5.75 Å². The van der Waals surface area contributed by atoms with E-state index in [-0.39, 0.29) is 30.1 Å². The van der Waals surface area contributed by atoms with Crippen LogP contribution in [0.25, 0.3) is 22.3 Å². The highest BCUT2D eigenvalue weighted by molar-refractivity contribution is 6.06. The Hall–Kier alpha value is -5.20. The molecule has 0 saturated heterocycles. The van der Waals surface area contributed by atoms with E-state index in [4.69, 9.17) is 5.73 Å². The van der Waals surface area contributed by atoms with Crippen LogP contribution in [0.15, 0.2) is 66.7 Å². The van der Waals surface area contributed by atoms with E-state index in [0.29, 0.717) is 22.3 Å². The lowest BCUT2D eigenvalue weighted by Crippen LogP contribution is -2.23. The van der Waals surface area contributed by atoms with E-state index in [1.807, 2.05) is 24.3 Å². The molecule has 2 amide bonds. The molecule has 0 saturated carbocycles. The molecule has 0 spiro atoms. The van der Waals surface area contributed by atoms with Crippen LogP contribution in [-0.2, 0) is 13.1 Å². The van der Waals surface area contributed by atoms with E-state index < -0.39 is 18.4 Å². The molecule has 13 heteroatoms. The first-order valence-corrected chi connectivity index (χ1v) is 11.3. The molecule has 0 aliphatic rings. The highest BCUT2D eigenvalue weighted by Crippen LogP contribution is 2.23. The average Bonchev–Trinajstić information content (AvgIpc) is 3.57. The first kappa shape index (κ1) is 24.5. The number of aromatic nitrogens is 6. The van der Waals surface area contributed by atoms with Crippen LogP contribution in [0.4, 0.5) is 8.78 Å². The number of nitrogens with one attached hydrogen (secondary N) is 2. The maximum atomic E-state index is 13.1. The molecule has 2 aromatic heterocycles. The first-order chi connectivity index (χ1) is 18.4. The van der Waals surface area contributed by atoms with Crippen molar-refractivity contribution in [2.75, 3.05) is 0 Å². The minimum atomic E-state index is -2.92. The maximum absolute atomic E-state index is 13.1. The third kappa shape index (κ3) is 5.31. The summed E-state index contributed by atoms with van der Waals surface area (Å²) < 4.78 is 30.8. The van der Waals surface area contributed by atoms with Crippen molar-refractivity contribution in [3.05, 3.63) is 89.1 Å². The summed E-state index contributed by atoms with van der Waals surface area (Å²) in [6, 6.07) is 18.1. The van der Waals surface area contributed by atoms with Crippen molar-refractivity contribution in [2.24, 2.45) is 5.73 Å². The molecule has 5 rings (SSSR count). The number of hydrogen-bond acceptors (Lipinski definition) is 7. The van der Waals surface area contributed by atoms with Crippen molar-refractivity contribution in [1.29, 1.82) is 0 Å². The van der Waals surface area contributed by atoms with Crippen molar-refractivity contribution in [3.8, 4) is 17.1 Å². The monoisotopic (exact) mass is 518 g/mol. The minimum absolute atomic E-state index is 0.0236. The van der Waals surface area contributed by atoms with Crippen LogP contribution in [0.3, 0.4) is 0 Å². The van der Waals surface area contributed by atoms with Gasteiger partial charge in [0.25, 0.3) is 5.91 Å². The van der Waals surface area contributed by atoms with Crippen LogP contribution in [0.2, 0.25) is 0 Å². The lowest BCUT2D eigenvalue weighted by Gasteiger charge is -2.07. The number of hydrogen-bond donors (Lipinski definition) is 3. The maximum Gasteiger partial charge on any atom is 0.387 e. The Balaban J connectivity index is 1.37. The lowest BCUT2D eigenvalue weighted by atomic mass is 10.1. The molecule has 38 heavy (non-hydrogen) atoms. The van der Waals surface area contributed by atoms with E-state index in [1.165, 1.54) is 18.2 Å². The molecule has 0 aliphatic heterocycles. The summed E-state index contributed by atoms with van der Waals surface area (Å²) in [5.41, 5.74) is 8.72. The van der Waals surface area contributed by atoms with Gasteiger partial charge in [-0.15, -0.1) is 10.2 Å². The third-order valence-electron chi connectivity index (χ3n) is 5.74. The number of H-pyrrole nitrogens is 1. The summed E-state index contributed by atoms with van der Waals surface area (Å²) in [5, 5.41) is 21.7. The minimum Gasteiger partial charge on any atom is -0.435 e. The number of ether oxygens (including phenoxy) is 1. The van der Waals surface area contributed by atoms with Gasteiger partial charge in [-0.05, 0) is 46.7 Å². The van der Waals surface area contributed by atoms with E-state index in [1.54, 1.807) is 28.9 Å². The predicted octanol–water partition coefficient (Wildman–Crippen LogP) is 2.90. The number of nitrogens with two attached hydrogens (primary N) is 1. The summed E-state index contributed by atoms with van der Waals surface area (Å²) in [5.74, 6) is -0.550. The summed E-state index contributed by atoms with van der Waals surface area (Å²) in [6.45, 7) is -2.48. The van der Waals surface area contributed by atoms with Gasteiger partial charge < -0.3 is 15.8 Å². The Morgan fingerprint density at radius 2 is 1.76 bits per heavy atom. The van der Waals surface area contributed by atoms with Gasteiger partial charge in [-0.1, -0.05) is 36.4 Å².